The molecule has 1 saturated carbocycles. The summed E-state index contributed by atoms with van der Waals surface area (Å²) >= 11 is 0. The van der Waals surface area contributed by atoms with E-state index in [2.05, 4.69) is 15.5 Å². The van der Waals surface area contributed by atoms with Crippen LogP contribution in [0.3, 0.4) is 0 Å². The van der Waals surface area contributed by atoms with Gasteiger partial charge in [0.25, 0.3) is 5.91 Å². The van der Waals surface area contributed by atoms with Crippen molar-refractivity contribution < 1.29 is 17.7 Å². The molecule has 1 aliphatic carbocycles. The molecule has 0 bridgehead atoms. The number of hydrogen-bond donors (Lipinski definition) is 1. The molecule has 2 fully saturated rings. The van der Waals surface area contributed by atoms with E-state index in [4.69, 9.17) is 4.52 Å². The number of aromatic nitrogens is 2. The van der Waals surface area contributed by atoms with Gasteiger partial charge in [0.2, 0.25) is 15.9 Å². The molecule has 9 heteroatoms. The van der Waals surface area contributed by atoms with Crippen molar-refractivity contribution in [1.29, 1.82) is 0 Å². The Kier molecular flexibility index (Phi) is 4.49. The first-order chi connectivity index (χ1) is 12.5. The summed E-state index contributed by atoms with van der Waals surface area (Å²) in [7, 11) is -3.55. The number of carbonyl (C=O) groups excluding carboxylic acids is 1. The third kappa shape index (κ3) is 3.49. The summed E-state index contributed by atoms with van der Waals surface area (Å²) in [5.74, 6) is 1.04. The molecular formula is C17H20N4O4S. The van der Waals surface area contributed by atoms with Gasteiger partial charge in [0.15, 0.2) is 5.82 Å². The normalized spacial score (nSPS) is 18.2. The second-order valence-electron chi connectivity index (χ2n) is 6.64. The quantitative estimate of drug-likeness (QED) is 0.822. The van der Waals surface area contributed by atoms with E-state index in [0.717, 1.165) is 25.7 Å². The van der Waals surface area contributed by atoms with Gasteiger partial charge < -0.3 is 9.84 Å². The highest BCUT2D eigenvalue weighted by molar-refractivity contribution is 7.89. The lowest BCUT2D eigenvalue weighted by Crippen LogP contribution is -2.28. The van der Waals surface area contributed by atoms with Gasteiger partial charge in [-0.15, -0.1) is 0 Å². The van der Waals surface area contributed by atoms with Gasteiger partial charge in [0.05, 0.1) is 11.4 Å². The Bertz CT molecular complexity index is 914. The van der Waals surface area contributed by atoms with E-state index in [1.54, 1.807) is 12.1 Å². The third-order valence-corrected chi connectivity index (χ3v) is 6.52. The molecule has 0 atom stereocenters. The van der Waals surface area contributed by atoms with Crippen LogP contribution in [0.25, 0.3) is 0 Å². The first kappa shape index (κ1) is 17.2. The molecule has 2 aliphatic rings. The zero-order chi connectivity index (χ0) is 18.1. The number of rotatable bonds is 6. The summed E-state index contributed by atoms with van der Waals surface area (Å²) < 4.78 is 31.8. The van der Waals surface area contributed by atoms with Crippen molar-refractivity contribution in [2.75, 3.05) is 13.1 Å². The number of nitrogens with zero attached hydrogens (tertiary/aromatic N) is 3. The van der Waals surface area contributed by atoms with Crippen molar-refractivity contribution in [3.63, 3.8) is 0 Å². The first-order valence-corrected chi connectivity index (χ1v) is 10.2. The van der Waals surface area contributed by atoms with Crippen molar-refractivity contribution in [3.05, 3.63) is 41.5 Å². The molecule has 1 amide bonds. The Morgan fingerprint density at radius 3 is 2.77 bits per heavy atom. The highest BCUT2D eigenvalue weighted by Gasteiger charge is 2.29. The number of hydrogen-bond acceptors (Lipinski definition) is 6. The molecule has 2 aromatic rings. The monoisotopic (exact) mass is 376 g/mol. The number of amides is 1. The lowest BCUT2D eigenvalue weighted by Gasteiger charge is -2.15. The Hall–Kier alpha value is -2.26. The first-order valence-electron chi connectivity index (χ1n) is 8.75. The fourth-order valence-corrected chi connectivity index (χ4v) is 4.54. The van der Waals surface area contributed by atoms with Crippen LogP contribution in [0.2, 0.25) is 0 Å². The Labute approximate surface area is 151 Å². The second-order valence-corrected chi connectivity index (χ2v) is 8.58. The van der Waals surface area contributed by atoms with E-state index < -0.39 is 10.0 Å². The van der Waals surface area contributed by atoms with Crippen LogP contribution in [0.5, 0.6) is 0 Å². The van der Waals surface area contributed by atoms with E-state index >= 15 is 0 Å². The smallest absolute Gasteiger partial charge is 0.251 e. The van der Waals surface area contributed by atoms with Crippen LogP contribution >= 0.6 is 0 Å². The highest BCUT2D eigenvalue weighted by Crippen LogP contribution is 2.38. The largest absolute Gasteiger partial charge is 0.343 e. The van der Waals surface area contributed by atoms with Crippen LogP contribution in [-0.2, 0) is 16.6 Å². The van der Waals surface area contributed by atoms with Crippen molar-refractivity contribution in [2.24, 2.45) is 0 Å². The lowest BCUT2D eigenvalue weighted by molar-refractivity contribution is 0.0946. The van der Waals surface area contributed by atoms with Crippen molar-refractivity contribution in [2.45, 2.75) is 43.0 Å². The summed E-state index contributed by atoms with van der Waals surface area (Å²) in [6.45, 7) is 1.17. The molecule has 8 nitrogen and oxygen atoms in total. The summed E-state index contributed by atoms with van der Waals surface area (Å²) in [5.41, 5.74) is 0.284. The molecule has 1 saturated heterocycles. The predicted molar refractivity (Wildman–Crippen MR) is 91.9 cm³/mol. The average Bonchev–Trinajstić information content (AvgIpc) is 3.14. The summed E-state index contributed by atoms with van der Waals surface area (Å²) in [4.78, 5) is 16.8. The summed E-state index contributed by atoms with van der Waals surface area (Å²) in [6, 6.07) is 6.09. The van der Waals surface area contributed by atoms with Gasteiger partial charge in [0.1, 0.15) is 0 Å². The topological polar surface area (TPSA) is 105 Å². The molecule has 0 radical (unpaired) electrons. The number of sulfonamides is 1. The van der Waals surface area contributed by atoms with E-state index in [-0.39, 0.29) is 22.9 Å². The predicted octanol–water partition coefficient (Wildman–Crippen LogP) is 1.66. The molecule has 0 spiro atoms. The lowest BCUT2D eigenvalue weighted by atomic mass is 10.2. The van der Waals surface area contributed by atoms with Gasteiger partial charge in [-0.3, -0.25) is 4.79 Å². The van der Waals surface area contributed by atoms with Gasteiger partial charge in [-0.05, 0) is 43.9 Å². The van der Waals surface area contributed by atoms with E-state index in [0.29, 0.717) is 30.7 Å². The number of nitrogens with one attached hydrogen (secondary N) is 1. The van der Waals surface area contributed by atoms with E-state index in [1.807, 2.05) is 0 Å². The Balaban J connectivity index is 1.44. The SMILES string of the molecule is O=C(NCc1nc(C2CC2)no1)c1cccc(S(=O)(=O)N2CCCC2)c1. The Morgan fingerprint density at radius 1 is 1.27 bits per heavy atom. The average molecular weight is 376 g/mol. The van der Waals surface area contributed by atoms with Crippen LogP contribution in [0.15, 0.2) is 33.7 Å². The van der Waals surface area contributed by atoms with E-state index in [1.165, 1.54) is 16.4 Å². The molecule has 1 aromatic carbocycles. The molecule has 1 aliphatic heterocycles. The minimum Gasteiger partial charge on any atom is -0.343 e. The fraction of sp³-hybridized carbons (Fsp3) is 0.471. The molecule has 26 heavy (non-hydrogen) atoms. The maximum Gasteiger partial charge on any atom is 0.251 e. The zero-order valence-corrected chi connectivity index (χ0v) is 15.0. The van der Waals surface area contributed by atoms with Crippen LogP contribution < -0.4 is 5.32 Å². The molecule has 138 valence electrons. The van der Waals surface area contributed by atoms with Gasteiger partial charge in [0, 0.05) is 24.6 Å². The van der Waals surface area contributed by atoms with Crippen LogP contribution in [-0.4, -0.2) is 41.9 Å². The van der Waals surface area contributed by atoms with E-state index in [9.17, 15) is 13.2 Å². The van der Waals surface area contributed by atoms with Gasteiger partial charge in [-0.25, -0.2) is 8.42 Å². The molecule has 0 unspecified atom stereocenters. The maximum absolute atomic E-state index is 12.6. The van der Waals surface area contributed by atoms with Gasteiger partial charge in [-0.2, -0.15) is 9.29 Å². The number of carbonyl (C=O) groups is 1. The summed E-state index contributed by atoms with van der Waals surface area (Å²) in [6.07, 6.45) is 3.88. The van der Waals surface area contributed by atoms with Crippen LogP contribution in [0.4, 0.5) is 0 Å². The zero-order valence-electron chi connectivity index (χ0n) is 14.2. The summed E-state index contributed by atoms with van der Waals surface area (Å²) in [5, 5.41) is 6.59. The van der Waals surface area contributed by atoms with Crippen molar-refractivity contribution in [3.8, 4) is 0 Å². The minimum absolute atomic E-state index is 0.113. The second kappa shape index (κ2) is 6.81. The van der Waals surface area contributed by atoms with Crippen molar-refractivity contribution in [1.82, 2.24) is 19.8 Å². The van der Waals surface area contributed by atoms with Gasteiger partial charge >= 0.3 is 0 Å². The molecule has 1 N–H and O–H groups in total. The maximum atomic E-state index is 12.6. The van der Waals surface area contributed by atoms with Crippen molar-refractivity contribution >= 4 is 15.9 Å². The standard InChI is InChI=1S/C17H20N4O4S/c22-17(18-11-15-19-16(20-25-15)12-6-7-12)13-4-3-5-14(10-13)26(23,24)21-8-1-2-9-21/h3-5,10,12H,1-2,6-9,11H2,(H,18,22). The molecule has 1 aromatic heterocycles. The molecule has 4 rings (SSSR count). The third-order valence-electron chi connectivity index (χ3n) is 4.63. The molecular weight excluding hydrogens is 356 g/mol. The molecule has 2 heterocycles. The van der Waals surface area contributed by atoms with Crippen LogP contribution in [0.1, 0.15) is 53.7 Å². The van der Waals surface area contributed by atoms with Gasteiger partial charge in [-0.1, -0.05) is 11.2 Å². The fourth-order valence-electron chi connectivity index (χ4n) is 2.98. The Morgan fingerprint density at radius 2 is 2.04 bits per heavy atom. The number of benzene rings is 1. The highest BCUT2D eigenvalue weighted by atomic mass is 32.2. The van der Waals surface area contributed by atoms with Crippen LogP contribution in [0, 0.1) is 0 Å². The minimum atomic E-state index is -3.55.